The van der Waals surface area contributed by atoms with E-state index in [0.29, 0.717) is 42.9 Å². The molecule has 154 valence electrons. The van der Waals surface area contributed by atoms with Crippen LogP contribution in [-0.4, -0.2) is 23.9 Å². The van der Waals surface area contributed by atoms with Crippen molar-refractivity contribution in [3.05, 3.63) is 47.8 Å². The van der Waals surface area contributed by atoms with Crippen molar-refractivity contribution in [3.63, 3.8) is 0 Å². The van der Waals surface area contributed by atoms with Crippen molar-refractivity contribution in [3.8, 4) is 0 Å². The summed E-state index contributed by atoms with van der Waals surface area (Å²) in [6.45, 7) is 0.767. The number of nitrogens with one attached hydrogen (secondary N) is 2. The molecule has 0 unspecified atom stereocenters. The van der Waals surface area contributed by atoms with E-state index < -0.39 is 5.54 Å². The molecule has 0 radical (unpaired) electrons. The van der Waals surface area contributed by atoms with Crippen LogP contribution in [0.25, 0.3) is 0 Å². The van der Waals surface area contributed by atoms with Gasteiger partial charge in [-0.2, -0.15) is 0 Å². The molecule has 1 aromatic carbocycles. The molecule has 2 N–H and O–H groups in total. The number of carbonyl (C=O) groups is 2. The Morgan fingerprint density at radius 3 is 2.62 bits per heavy atom. The molecule has 29 heavy (non-hydrogen) atoms. The molecule has 2 amide bonds. The van der Waals surface area contributed by atoms with Crippen LogP contribution in [0.1, 0.15) is 50.5 Å². The molecule has 5 heteroatoms. The van der Waals surface area contributed by atoms with Crippen LogP contribution in [-0.2, 0) is 16.0 Å². The second-order valence-electron chi connectivity index (χ2n) is 9.68. The lowest BCUT2D eigenvalue weighted by Crippen LogP contribution is -2.44. The molecule has 2 bridgehead atoms. The summed E-state index contributed by atoms with van der Waals surface area (Å²) in [4.78, 5) is 24.5. The molecule has 1 heterocycles. The van der Waals surface area contributed by atoms with E-state index in [-0.39, 0.29) is 17.6 Å². The lowest BCUT2D eigenvalue weighted by molar-refractivity contribution is -0.123. The van der Waals surface area contributed by atoms with E-state index in [1.807, 2.05) is 0 Å². The van der Waals surface area contributed by atoms with Gasteiger partial charge < -0.3 is 10.6 Å². The lowest BCUT2D eigenvalue weighted by atomic mass is 9.85. The fourth-order valence-electron chi connectivity index (χ4n) is 6.22. The zero-order chi connectivity index (χ0) is 20.1. The Hall–Kier alpha value is -2.17. The third-order valence-corrected chi connectivity index (χ3v) is 7.93. The van der Waals surface area contributed by atoms with Gasteiger partial charge in [0.25, 0.3) is 0 Å². The minimum Gasteiger partial charge on any atom is -0.356 e. The number of halogens is 1. The van der Waals surface area contributed by atoms with E-state index in [0.717, 1.165) is 24.4 Å². The van der Waals surface area contributed by atoms with Gasteiger partial charge in [-0.1, -0.05) is 24.3 Å². The van der Waals surface area contributed by atoms with Gasteiger partial charge in [0, 0.05) is 24.9 Å². The molecule has 2 saturated carbocycles. The number of hydrogen-bond acceptors (Lipinski definition) is 2. The van der Waals surface area contributed by atoms with Gasteiger partial charge >= 0.3 is 0 Å². The van der Waals surface area contributed by atoms with Crippen molar-refractivity contribution < 1.29 is 14.0 Å². The van der Waals surface area contributed by atoms with Crippen LogP contribution < -0.4 is 10.6 Å². The number of rotatable bonds is 7. The Bertz CT molecular complexity index is 845. The third-order valence-electron chi connectivity index (χ3n) is 7.93. The van der Waals surface area contributed by atoms with Gasteiger partial charge in [-0.25, -0.2) is 4.39 Å². The molecule has 3 fully saturated rings. The van der Waals surface area contributed by atoms with Crippen LogP contribution in [0.2, 0.25) is 0 Å². The fourth-order valence-corrected chi connectivity index (χ4v) is 6.22. The van der Waals surface area contributed by atoms with Crippen molar-refractivity contribution >= 4 is 11.8 Å². The van der Waals surface area contributed by atoms with E-state index in [4.69, 9.17) is 0 Å². The molecule has 0 aromatic heterocycles. The van der Waals surface area contributed by atoms with Crippen LogP contribution in [0.5, 0.6) is 0 Å². The van der Waals surface area contributed by atoms with Gasteiger partial charge in [0.05, 0.1) is 0 Å². The molecular formula is C24H29FN2O2. The molecule has 5 rings (SSSR count). The summed E-state index contributed by atoms with van der Waals surface area (Å²) in [5.74, 6) is 1.82. The summed E-state index contributed by atoms with van der Waals surface area (Å²) in [6, 6.07) is 6.42. The zero-order valence-electron chi connectivity index (χ0n) is 16.8. The van der Waals surface area contributed by atoms with Gasteiger partial charge in [0.15, 0.2) is 0 Å². The van der Waals surface area contributed by atoms with Crippen molar-refractivity contribution in [2.75, 3.05) is 6.54 Å². The highest BCUT2D eigenvalue weighted by Gasteiger charge is 2.62. The summed E-state index contributed by atoms with van der Waals surface area (Å²) >= 11 is 0. The van der Waals surface area contributed by atoms with Crippen LogP contribution in [0, 0.1) is 29.0 Å². The van der Waals surface area contributed by atoms with Crippen LogP contribution in [0.3, 0.4) is 0 Å². The standard InChI is InChI=1S/C24H29FN2O2/c25-19-4-1-16(2-5-19)14-23(10-8-22(29)27-23)9-7-21(28)26-15-17-13-18-3-6-20(17)24(18)11-12-24/h1-6,17-18,20H,7-15H2,(H,26,28)(H,27,29)/t17-,18+,20+,23-/m0/s1. The quantitative estimate of drug-likeness (QED) is 0.693. The topological polar surface area (TPSA) is 58.2 Å². The van der Waals surface area contributed by atoms with Gasteiger partial charge in [-0.05, 0) is 79.4 Å². The maximum atomic E-state index is 13.2. The molecular weight excluding hydrogens is 367 g/mol. The number of carbonyl (C=O) groups excluding carboxylic acids is 2. The van der Waals surface area contributed by atoms with Gasteiger partial charge in [-0.3, -0.25) is 9.59 Å². The maximum absolute atomic E-state index is 13.2. The number of amides is 2. The minimum absolute atomic E-state index is 0.0380. The Morgan fingerprint density at radius 2 is 1.97 bits per heavy atom. The average Bonchev–Trinajstić information content (AvgIpc) is 3.24. The summed E-state index contributed by atoms with van der Waals surface area (Å²) in [5.41, 5.74) is 1.14. The predicted molar refractivity (Wildman–Crippen MR) is 108 cm³/mol. The van der Waals surface area contributed by atoms with Crippen molar-refractivity contribution in [1.82, 2.24) is 10.6 Å². The smallest absolute Gasteiger partial charge is 0.220 e. The first-order valence-electron chi connectivity index (χ1n) is 11.0. The van der Waals surface area contributed by atoms with E-state index in [1.54, 1.807) is 12.1 Å². The van der Waals surface area contributed by atoms with E-state index >= 15 is 0 Å². The Morgan fingerprint density at radius 1 is 1.17 bits per heavy atom. The fraction of sp³-hybridized carbons (Fsp3) is 0.583. The van der Waals surface area contributed by atoms with Gasteiger partial charge in [-0.15, -0.1) is 0 Å². The van der Waals surface area contributed by atoms with E-state index in [9.17, 15) is 14.0 Å². The summed E-state index contributed by atoms with van der Waals surface area (Å²) in [7, 11) is 0. The molecule has 4 nitrogen and oxygen atoms in total. The Kier molecular flexibility index (Phi) is 4.52. The van der Waals surface area contributed by atoms with Crippen molar-refractivity contribution in [2.45, 2.75) is 56.9 Å². The van der Waals surface area contributed by atoms with Gasteiger partial charge in [0.2, 0.25) is 11.8 Å². The monoisotopic (exact) mass is 396 g/mol. The highest BCUT2D eigenvalue weighted by atomic mass is 19.1. The SMILES string of the molecule is O=C(CC[C@@]1(Cc2ccc(F)cc2)CCC(=O)N1)NC[C@@H]1C[C@H]2C=C[C@H]1C21CC1. The maximum Gasteiger partial charge on any atom is 0.220 e. The number of allylic oxidation sites excluding steroid dienone is 2. The number of hydrogen-bond donors (Lipinski definition) is 2. The summed E-state index contributed by atoms with van der Waals surface area (Å²) < 4.78 is 13.2. The lowest BCUT2D eigenvalue weighted by Gasteiger charge is -2.29. The first-order chi connectivity index (χ1) is 14.0. The van der Waals surface area contributed by atoms with Crippen LogP contribution in [0.15, 0.2) is 36.4 Å². The van der Waals surface area contributed by atoms with Crippen molar-refractivity contribution in [1.29, 1.82) is 0 Å². The molecule has 3 aliphatic carbocycles. The molecule has 4 atom stereocenters. The molecule has 1 aromatic rings. The van der Waals surface area contributed by atoms with Crippen LogP contribution >= 0.6 is 0 Å². The third kappa shape index (κ3) is 3.49. The zero-order valence-corrected chi connectivity index (χ0v) is 16.8. The highest BCUT2D eigenvalue weighted by molar-refractivity contribution is 5.80. The molecule has 4 aliphatic rings. The largest absolute Gasteiger partial charge is 0.356 e. The van der Waals surface area contributed by atoms with E-state index in [1.165, 1.54) is 31.4 Å². The molecule has 1 aliphatic heterocycles. The first kappa shape index (κ1) is 18.8. The molecule has 1 saturated heterocycles. The van der Waals surface area contributed by atoms with Gasteiger partial charge in [0.1, 0.15) is 5.82 Å². The highest BCUT2D eigenvalue weighted by Crippen LogP contribution is 2.69. The number of benzene rings is 1. The second-order valence-corrected chi connectivity index (χ2v) is 9.68. The van der Waals surface area contributed by atoms with Crippen LogP contribution in [0.4, 0.5) is 4.39 Å². The minimum atomic E-state index is -0.403. The Balaban J connectivity index is 1.15. The summed E-state index contributed by atoms with van der Waals surface area (Å²) in [6.07, 6.45) is 11.6. The van der Waals surface area contributed by atoms with Crippen molar-refractivity contribution in [2.24, 2.45) is 23.2 Å². The predicted octanol–water partition coefficient (Wildman–Crippen LogP) is 3.52. The molecule has 1 spiro atoms. The van der Waals surface area contributed by atoms with E-state index in [2.05, 4.69) is 22.8 Å². The Labute approximate surface area is 171 Å². The first-order valence-corrected chi connectivity index (χ1v) is 11.0. The normalized spacial score (nSPS) is 33.3. The average molecular weight is 397 g/mol. The second kappa shape index (κ2) is 6.96. The summed E-state index contributed by atoms with van der Waals surface area (Å²) in [5, 5.41) is 6.27.